The van der Waals surface area contributed by atoms with Gasteiger partial charge in [0.15, 0.2) is 5.78 Å². The van der Waals surface area contributed by atoms with Gasteiger partial charge in [-0.15, -0.1) is 0 Å². The summed E-state index contributed by atoms with van der Waals surface area (Å²) in [5, 5.41) is 16.5. The third kappa shape index (κ3) is 3.70. The van der Waals surface area contributed by atoms with E-state index < -0.39 is 5.60 Å². The van der Waals surface area contributed by atoms with Gasteiger partial charge in [-0.1, -0.05) is 27.7 Å². The molecule has 0 amide bonds. The molecule has 1 N–H and O–H groups in total. The number of hydrogen-bond donors (Lipinski definition) is 1. The van der Waals surface area contributed by atoms with Gasteiger partial charge in [-0.2, -0.15) is 5.10 Å². The molecule has 4 aliphatic rings. The lowest BCUT2D eigenvalue weighted by Gasteiger charge is -2.61. The summed E-state index contributed by atoms with van der Waals surface area (Å²) in [6.07, 6.45) is 14.8. The van der Waals surface area contributed by atoms with Crippen molar-refractivity contribution in [3.8, 4) is 0 Å². The van der Waals surface area contributed by atoms with E-state index in [-0.39, 0.29) is 11.3 Å². The summed E-state index contributed by atoms with van der Waals surface area (Å²) in [7, 11) is 0. The third-order valence-corrected chi connectivity index (χ3v) is 11.9. The molecule has 2 aromatic rings. The molecule has 4 fully saturated rings. The zero-order chi connectivity index (χ0) is 25.5. The quantitative estimate of drug-likeness (QED) is 0.545. The highest BCUT2D eigenvalue weighted by Crippen LogP contribution is 2.69. The molecule has 2 aromatic heterocycles. The van der Waals surface area contributed by atoms with Crippen LogP contribution in [0.4, 0.5) is 0 Å². The van der Waals surface area contributed by atoms with Crippen LogP contribution in [-0.2, 0) is 11.3 Å². The van der Waals surface area contributed by atoms with E-state index >= 15 is 0 Å². The highest BCUT2D eigenvalue weighted by Gasteiger charge is 2.64. The van der Waals surface area contributed by atoms with Gasteiger partial charge in [0.05, 0.1) is 18.3 Å². The molecule has 4 aliphatic carbocycles. The summed E-state index contributed by atoms with van der Waals surface area (Å²) in [4.78, 5) is 18.3. The fourth-order valence-corrected chi connectivity index (χ4v) is 10.0. The minimum Gasteiger partial charge on any atom is -0.390 e. The van der Waals surface area contributed by atoms with E-state index in [9.17, 15) is 9.90 Å². The summed E-state index contributed by atoms with van der Waals surface area (Å²) in [5.74, 6) is 4.22. The molecule has 5 heteroatoms. The molecule has 0 radical (unpaired) electrons. The van der Waals surface area contributed by atoms with E-state index in [1.807, 2.05) is 16.9 Å². The summed E-state index contributed by atoms with van der Waals surface area (Å²) in [6, 6.07) is 1.97. The number of nitrogens with zero attached hydrogens (tertiary/aromatic N) is 3. The number of pyridine rings is 1. The molecule has 0 aromatic carbocycles. The first kappa shape index (κ1) is 24.6. The van der Waals surface area contributed by atoms with Crippen LogP contribution >= 0.6 is 0 Å². The van der Waals surface area contributed by atoms with E-state index in [0.717, 1.165) is 42.0 Å². The van der Waals surface area contributed by atoms with Crippen LogP contribution < -0.4 is 0 Å². The Hall–Kier alpha value is -1.75. The van der Waals surface area contributed by atoms with Crippen molar-refractivity contribution in [2.75, 3.05) is 0 Å². The first-order chi connectivity index (χ1) is 17.0. The Kier molecular flexibility index (Phi) is 5.72. The molecule has 0 spiro atoms. The maximum atomic E-state index is 14.1. The molecule has 196 valence electrons. The second-order valence-corrected chi connectivity index (χ2v) is 14.3. The van der Waals surface area contributed by atoms with Gasteiger partial charge in [0.1, 0.15) is 5.52 Å². The number of aromatic nitrogens is 3. The van der Waals surface area contributed by atoms with Crippen molar-refractivity contribution in [1.82, 2.24) is 14.8 Å². The molecule has 0 aliphatic heterocycles. The van der Waals surface area contributed by atoms with Crippen LogP contribution in [0.25, 0.3) is 10.9 Å². The average molecular weight is 492 g/mol. The molecular formula is C31H45N3O2. The SMILES string of the molecule is CC(C)[C@@H]1C[C@H]2[C@@H]3CC[C@H]4C[C@](C)(O)CC[C@]4(C)[C@H]3CC[C@]2(C)[C@H]1C(=O)Cn1cc2ccncc2n1. The first-order valence-corrected chi connectivity index (χ1v) is 14.5. The highest BCUT2D eigenvalue weighted by molar-refractivity contribution is 5.83. The van der Waals surface area contributed by atoms with Crippen molar-refractivity contribution in [1.29, 1.82) is 0 Å². The van der Waals surface area contributed by atoms with Gasteiger partial charge in [-0.25, -0.2) is 0 Å². The van der Waals surface area contributed by atoms with Crippen molar-refractivity contribution < 1.29 is 9.90 Å². The lowest BCUT2D eigenvalue weighted by atomic mass is 9.44. The Morgan fingerprint density at radius 1 is 1.11 bits per heavy atom. The summed E-state index contributed by atoms with van der Waals surface area (Å²) in [6.45, 7) is 12.1. The van der Waals surface area contributed by atoms with Gasteiger partial charge in [0.25, 0.3) is 0 Å². The van der Waals surface area contributed by atoms with Crippen molar-refractivity contribution in [3.63, 3.8) is 0 Å². The Balaban J connectivity index is 1.28. The van der Waals surface area contributed by atoms with Gasteiger partial charge in [0, 0.05) is 23.7 Å². The minimum absolute atomic E-state index is 0.0880. The topological polar surface area (TPSA) is 68.0 Å². The average Bonchev–Trinajstić information content (AvgIpc) is 3.37. The Bertz CT molecular complexity index is 1120. The van der Waals surface area contributed by atoms with Gasteiger partial charge in [-0.3, -0.25) is 14.5 Å². The van der Waals surface area contributed by atoms with Gasteiger partial charge in [-0.05, 0) is 111 Å². The predicted octanol–water partition coefficient (Wildman–Crippen LogP) is 6.29. The zero-order valence-electron chi connectivity index (χ0n) is 22.9. The van der Waals surface area contributed by atoms with Crippen LogP contribution in [0.2, 0.25) is 0 Å². The van der Waals surface area contributed by atoms with Crippen LogP contribution in [0.3, 0.4) is 0 Å². The molecule has 9 atom stereocenters. The second-order valence-electron chi connectivity index (χ2n) is 14.3. The smallest absolute Gasteiger partial charge is 0.158 e. The number of rotatable bonds is 4. The normalized spacial score (nSPS) is 44.3. The molecule has 36 heavy (non-hydrogen) atoms. The Morgan fingerprint density at radius 2 is 1.92 bits per heavy atom. The molecule has 2 heterocycles. The maximum Gasteiger partial charge on any atom is 0.158 e. The number of ketones is 1. The lowest BCUT2D eigenvalue weighted by molar-refractivity contribution is -0.151. The van der Waals surface area contributed by atoms with Crippen LogP contribution in [0, 0.1) is 52.3 Å². The number of carbonyl (C=O) groups is 1. The molecule has 0 unspecified atom stereocenters. The number of Topliss-reactive ketones (excluding diaryl/α,β-unsaturated/α-hetero) is 1. The van der Waals surface area contributed by atoms with E-state index in [1.165, 1.54) is 32.1 Å². The molecule has 5 nitrogen and oxygen atoms in total. The van der Waals surface area contributed by atoms with E-state index in [4.69, 9.17) is 0 Å². The molecule has 0 saturated heterocycles. The highest BCUT2D eigenvalue weighted by atomic mass is 16.3. The van der Waals surface area contributed by atoms with Gasteiger partial charge < -0.3 is 5.11 Å². The molecule has 0 bridgehead atoms. The zero-order valence-corrected chi connectivity index (χ0v) is 22.9. The fraction of sp³-hybridized carbons (Fsp3) is 0.774. The monoisotopic (exact) mass is 491 g/mol. The van der Waals surface area contributed by atoms with E-state index in [0.29, 0.717) is 41.4 Å². The summed E-state index contributed by atoms with van der Waals surface area (Å²) in [5.41, 5.74) is 0.815. The second kappa shape index (κ2) is 8.38. The Labute approximate surface area is 216 Å². The maximum absolute atomic E-state index is 14.1. The van der Waals surface area contributed by atoms with Gasteiger partial charge in [0.2, 0.25) is 0 Å². The van der Waals surface area contributed by atoms with Crippen LogP contribution in [0.15, 0.2) is 24.7 Å². The summed E-state index contributed by atoms with van der Waals surface area (Å²) < 4.78 is 1.86. The predicted molar refractivity (Wildman–Crippen MR) is 142 cm³/mol. The molecule has 6 rings (SSSR count). The van der Waals surface area contributed by atoms with Crippen LogP contribution in [0.5, 0.6) is 0 Å². The molecule has 4 saturated carbocycles. The first-order valence-electron chi connectivity index (χ1n) is 14.5. The number of fused-ring (bicyclic) bond motifs is 6. The summed E-state index contributed by atoms with van der Waals surface area (Å²) >= 11 is 0. The fourth-order valence-electron chi connectivity index (χ4n) is 10.0. The van der Waals surface area contributed by atoms with E-state index in [1.54, 1.807) is 12.4 Å². The lowest BCUT2D eigenvalue weighted by Crippen LogP contribution is -2.55. The number of aliphatic hydroxyl groups is 1. The molecular weight excluding hydrogens is 446 g/mol. The number of hydrogen-bond acceptors (Lipinski definition) is 4. The van der Waals surface area contributed by atoms with Crippen LogP contribution in [-0.4, -0.2) is 31.3 Å². The standard InChI is InChI=1S/C31H45N3O2/c1-19(2)23-14-25-22-7-6-21-15-29(3,36)11-12-30(21,4)24(22)8-10-31(25,5)28(23)27(35)18-34-17-20-9-13-32-16-26(20)33-34/h9,13,16-17,19,21-25,28,36H,6-8,10-12,14-15,18H2,1-5H3/t21-,22+,23-,24-,25-,28+,29+,30-,31-/m0/s1. The van der Waals surface area contributed by atoms with E-state index in [2.05, 4.69) is 44.7 Å². The van der Waals surface area contributed by atoms with Crippen molar-refractivity contribution >= 4 is 16.7 Å². The Morgan fingerprint density at radius 3 is 2.67 bits per heavy atom. The van der Waals surface area contributed by atoms with Crippen molar-refractivity contribution in [2.24, 2.45) is 52.3 Å². The van der Waals surface area contributed by atoms with Crippen LogP contribution in [0.1, 0.15) is 86.0 Å². The number of carbonyl (C=O) groups excluding carboxylic acids is 1. The van der Waals surface area contributed by atoms with Crippen molar-refractivity contribution in [2.45, 2.75) is 98.1 Å². The third-order valence-electron chi connectivity index (χ3n) is 11.9. The van der Waals surface area contributed by atoms with Crippen molar-refractivity contribution in [3.05, 3.63) is 24.7 Å². The van der Waals surface area contributed by atoms with Gasteiger partial charge >= 0.3 is 0 Å². The largest absolute Gasteiger partial charge is 0.390 e. The minimum atomic E-state index is -0.485.